The Morgan fingerprint density at radius 3 is 2.75 bits per heavy atom. The van der Waals surface area contributed by atoms with E-state index in [4.69, 9.17) is 5.11 Å². The van der Waals surface area contributed by atoms with Crippen molar-refractivity contribution < 1.29 is 14.7 Å². The molecule has 4 nitrogen and oxygen atoms in total. The molecular formula is C11H17NO3S. The third kappa shape index (κ3) is 2.34. The van der Waals surface area contributed by atoms with Crippen LogP contribution in [0.25, 0.3) is 0 Å². The molecule has 2 fully saturated rings. The van der Waals surface area contributed by atoms with Crippen molar-refractivity contribution in [2.45, 2.75) is 12.8 Å². The lowest BCUT2D eigenvalue weighted by Gasteiger charge is -2.16. The molecule has 3 unspecified atom stereocenters. The molecule has 0 spiro atoms. The van der Waals surface area contributed by atoms with E-state index in [1.807, 2.05) is 16.7 Å². The zero-order valence-corrected chi connectivity index (χ0v) is 10.2. The van der Waals surface area contributed by atoms with Gasteiger partial charge in [0.2, 0.25) is 5.91 Å². The van der Waals surface area contributed by atoms with Gasteiger partial charge in [0.05, 0.1) is 11.8 Å². The predicted molar refractivity (Wildman–Crippen MR) is 62.3 cm³/mol. The molecule has 0 aromatic rings. The minimum absolute atomic E-state index is 0.0657. The summed E-state index contributed by atoms with van der Waals surface area (Å²) in [6.45, 7) is 1.63. The van der Waals surface area contributed by atoms with E-state index in [1.54, 1.807) is 0 Å². The highest BCUT2D eigenvalue weighted by Gasteiger charge is 2.50. The van der Waals surface area contributed by atoms with E-state index in [9.17, 15) is 9.59 Å². The summed E-state index contributed by atoms with van der Waals surface area (Å²) in [7, 11) is 0. The number of hydrogen-bond donors (Lipinski definition) is 1. The Balaban J connectivity index is 1.82. The van der Waals surface area contributed by atoms with Gasteiger partial charge >= 0.3 is 5.97 Å². The van der Waals surface area contributed by atoms with Gasteiger partial charge in [-0.25, -0.2) is 0 Å². The summed E-state index contributed by atoms with van der Waals surface area (Å²) in [6.07, 6.45) is 3.68. The van der Waals surface area contributed by atoms with Crippen LogP contribution >= 0.6 is 11.8 Å². The Labute approximate surface area is 99.4 Å². The van der Waals surface area contributed by atoms with Crippen molar-refractivity contribution in [2.75, 3.05) is 25.1 Å². The maximum Gasteiger partial charge on any atom is 0.307 e. The van der Waals surface area contributed by atoms with E-state index >= 15 is 0 Å². The summed E-state index contributed by atoms with van der Waals surface area (Å²) in [5, 5.41) is 8.78. The lowest BCUT2D eigenvalue weighted by Crippen LogP contribution is -2.31. The molecule has 0 radical (unpaired) electrons. The van der Waals surface area contributed by atoms with Crippen molar-refractivity contribution in [3.63, 3.8) is 0 Å². The molecule has 2 aliphatic rings. The number of nitrogens with zero attached hydrogens (tertiary/aromatic N) is 1. The number of aliphatic carboxylic acids is 1. The quantitative estimate of drug-likeness (QED) is 0.797. The molecule has 90 valence electrons. The highest BCUT2D eigenvalue weighted by Crippen LogP contribution is 2.41. The van der Waals surface area contributed by atoms with Crippen LogP contribution in [0.3, 0.4) is 0 Å². The van der Waals surface area contributed by atoms with Gasteiger partial charge in [0.15, 0.2) is 0 Å². The number of carboxylic acids is 1. The fourth-order valence-corrected chi connectivity index (χ4v) is 3.12. The second-order valence-electron chi connectivity index (χ2n) is 4.68. The summed E-state index contributed by atoms with van der Waals surface area (Å²) in [4.78, 5) is 24.5. The SMILES string of the molecule is CSCC1CCN(C(=O)C2CC2C(=O)O)C1. The van der Waals surface area contributed by atoms with Gasteiger partial charge in [0.25, 0.3) is 0 Å². The third-order valence-electron chi connectivity index (χ3n) is 3.42. The van der Waals surface area contributed by atoms with E-state index < -0.39 is 11.9 Å². The molecule has 16 heavy (non-hydrogen) atoms. The fraction of sp³-hybridized carbons (Fsp3) is 0.818. The fourth-order valence-electron chi connectivity index (χ4n) is 2.38. The Morgan fingerprint density at radius 1 is 1.44 bits per heavy atom. The molecule has 1 amide bonds. The Bertz CT molecular complexity index is 308. The van der Waals surface area contributed by atoms with Crippen molar-refractivity contribution in [2.24, 2.45) is 17.8 Å². The molecule has 0 aromatic heterocycles. The molecule has 3 atom stereocenters. The second kappa shape index (κ2) is 4.65. The largest absolute Gasteiger partial charge is 0.481 e. The first-order chi connectivity index (χ1) is 7.63. The summed E-state index contributed by atoms with van der Waals surface area (Å²) in [5.74, 6) is 0.296. The molecule has 2 rings (SSSR count). The van der Waals surface area contributed by atoms with Gasteiger partial charge in [0, 0.05) is 13.1 Å². The highest BCUT2D eigenvalue weighted by atomic mass is 32.2. The molecule has 1 saturated heterocycles. The van der Waals surface area contributed by atoms with E-state index in [0.29, 0.717) is 12.3 Å². The number of carbonyl (C=O) groups excluding carboxylic acids is 1. The van der Waals surface area contributed by atoms with Crippen LogP contribution in [0.5, 0.6) is 0 Å². The zero-order chi connectivity index (χ0) is 11.7. The van der Waals surface area contributed by atoms with Gasteiger partial charge in [-0.3, -0.25) is 9.59 Å². The summed E-state index contributed by atoms with van der Waals surface area (Å²) < 4.78 is 0. The molecule has 1 heterocycles. The average molecular weight is 243 g/mol. The normalized spacial score (nSPS) is 32.8. The molecule has 1 aliphatic carbocycles. The van der Waals surface area contributed by atoms with Crippen LogP contribution in [-0.4, -0.2) is 47.0 Å². The maximum atomic E-state index is 11.9. The summed E-state index contributed by atoms with van der Waals surface area (Å²) in [5.41, 5.74) is 0. The number of carboxylic acid groups (broad SMARTS) is 1. The van der Waals surface area contributed by atoms with Gasteiger partial charge in [0.1, 0.15) is 0 Å². The number of thioether (sulfide) groups is 1. The molecular weight excluding hydrogens is 226 g/mol. The van der Waals surface area contributed by atoms with Gasteiger partial charge in [-0.15, -0.1) is 0 Å². The number of hydrogen-bond acceptors (Lipinski definition) is 3. The third-order valence-corrected chi connectivity index (χ3v) is 4.23. The lowest BCUT2D eigenvalue weighted by atomic mass is 10.2. The van der Waals surface area contributed by atoms with Crippen molar-refractivity contribution in [3.05, 3.63) is 0 Å². The Kier molecular flexibility index (Phi) is 3.42. The van der Waals surface area contributed by atoms with Crippen LogP contribution in [0.4, 0.5) is 0 Å². The van der Waals surface area contributed by atoms with Gasteiger partial charge in [-0.05, 0) is 30.8 Å². The molecule has 0 aromatic carbocycles. The molecule has 5 heteroatoms. The molecule has 1 aliphatic heterocycles. The van der Waals surface area contributed by atoms with Crippen molar-refractivity contribution in [1.82, 2.24) is 4.90 Å². The first-order valence-corrected chi connectivity index (χ1v) is 7.03. The van der Waals surface area contributed by atoms with Crippen LogP contribution in [0.1, 0.15) is 12.8 Å². The van der Waals surface area contributed by atoms with Crippen LogP contribution in [0.2, 0.25) is 0 Å². The molecule has 0 bridgehead atoms. The monoisotopic (exact) mass is 243 g/mol. The number of likely N-dealkylation sites (tertiary alicyclic amines) is 1. The van der Waals surface area contributed by atoms with Crippen molar-refractivity contribution in [3.8, 4) is 0 Å². The van der Waals surface area contributed by atoms with E-state index in [0.717, 1.165) is 25.3 Å². The minimum Gasteiger partial charge on any atom is -0.481 e. The summed E-state index contributed by atoms with van der Waals surface area (Å²) >= 11 is 1.81. The zero-order valence-electron chi connectivity index (χ0n) is 9.39. The van der Waals surface area contributed by atoms with Crippen LogP contribution < -0.4 is 0 Å². The number of rotatable bonds is 4. The molecule has 1 saturated carbocycles. The Hall–Kier alpha value is -0.710. The van der Waals surface area contributed by atoms with Crippen LogP contribution in [-0.2, 0) is 9.59 Å². The Morgan fingerprint density at radius 2 is 2.19 bits per heavy atom. The van der Waals surface area contributed by atoms with Crippen LogP contribution in [0.15, 0.2) is 0 Å². The first-order valence-electron chi connectivity index (χ1n) is 5.64. The highest BCUT2D eigenvalue weighted by molar-refractivity contribution is 7.98. The van der Waals surface area contributed by atoms with Crippen molar-refractivity contribution >= 4 is 23.6 Å². The number of amides is 1. The first kappa shape index (κ1) is 11.8. The predicted octanol–water partition coefficient (Wildman–Crippen LogP) is 0.919. The number of carbonyl (C=O) groups is 2. The standard InChI is InChI=1S/C11H17NO3S/c1-16-6-7-2-3-12(5-7)10(13)8-4-9(8)11(14)15/h7-9H,2-6H2,1H3,(H,14,15). The average Bonchev–Trinajstić information content (AvgIpc) is 2.92. The molecule has 1 N–H and O–H groups in total. The topological polar surface area (TPSA) is 57.6 Å². The van der Waals surface area contributed by atoms with Gasteiger partial charge in [-0.2, -0.15) is 11.8 Å². The van der Waals surface area contributed by atoms with E-state index in [2.05, 4.69) is 6.26 Å². The van der Waals surface area contributed by atoms with Gasteiger partial charge < -0.3 is 10.0 Å². The smallest absolute Gasteiger partial charge is 0.307 e. The summed E-state index contributed by atoms with van der Waals surface area (Å²) in [6, 6.07) is 0. The lowest BCUT2D eigenvalue weighted by molar-refractivity contribution is -0.141. The van der Waals surface area contributed by atoms with E-state index in [-0.39, 0.29) is 11.8 Å². The van der Waals surface area contributed by atoms with Crippen molar-refractivity contribution in [1.29, 1.82) is 0 Å². The maximum absolute atomic E-state index is 11.9. The second-order valence-corrected chi connectivity index (χ2v) is 5.59. The van der Waals surface area contributed by atoms with E-state index in [1.165, 1.54) is 0 Å². The van der Waals surface area contributed by atoms with Gasteiger partial charge in [-0.1, -0.05) is 0 Å². The minimum atomic E-state index is -0.821. The van der Waals surface area contributed by atoms with Crippen LogP contribution in [0, 0.1) is 17.8 Å².